The van der Waals surface area contributed by atoms with Gasteiger partial charge in [0.1, 0.15) is 12.4 Å². The van der Waals surface area contributed by atoms with Crippen molar-refractivity contribution >= 4 is 34.2 Å². The number of ether oxygens (including phenoxy) is 1. The van der Waals surface area contributed by atoms with E-state index in [0.29, 0.717) is 10.7 Å². The minimum atomic E-state index is -0.978. The maximum atomic E-state index is 13.9. The molecule has 10 heteroatoms. The minimum Gasteiger partial charge on any atom is -0.494 e. The number of nitro groups is 1. The van der Waals surface area contributed by atoms with Crippen molar-refractivity contribution in [2.75, 3.05) is 18.7 Å². The smallest absolute Gasteiger partial charge is 0.307 e. The van der Waals surface area contributed by atoms with Gasteiger partial charge >= 0.3 is 5.69 Å². The van der Waals surface area contributed by atoms with Crippen LogP contribution < -0.4 is 9.64 Å². The molecule has 0 amide bonds. The van der Waals surface area contributed by atoms with Gasteiger partial charge in [0.05, 0.1) is 40.2 Å². The molecule has 3 aromatic rings. The van der Waals surface area contributed by atoms with Crippen LogP contribution in [0.25, 0.3) is 5.52 Å². The van der Waals surface area contributed by atoms with E-state index < -0.39 is 16.4 Å². The average molecular weight is 402 g/mol. The third kappa shape index (κ3) is 2.95. The highest BCUT2D eigenvalue weighted by molar-refractivity contribution is 6.47. The monoisotopic (exact) mass is 401 g/mol. The fourth-order valence-electron chi connectivity index (χ4n) is 3.00. The standard InChI is InChI=1S/C18H13ClFN5O3/c1-28-17-6-13(20)15(25(26)27)7-16(17)23-9-12(19)18(21-10-23)11-8-22-24-5-3-2-4-14(11)24/h2-9H,10H2,1H3. The Morgan fingerprint density at radius 1 is 1.36 bits per heavy atom. The van der Waals surface area contributed by atoms with Crippen molar-refractivity contribution in [1.29, 1.82) is 0 Å². The van der Waals surface area contributed by atoms with Gasteiger partial charge in [-0.15, -0.1) is 0 Å². The molecule has 0 spiro atoms. The number of aromatic nitrogens is 2. The van der Waals surface area contributed by atoms with Gasteiger partial charge in [0.15, 0.2) is 0 Å². The minimum absolute atomic E-state index is 0.120. The number of hydrogen-bond acceptors (Lipinski definition) is 6. The number of allylic oxidation sites excluding steroid dienone is 1. The lowest BCUT2D eigenvalue weighted by atomic mass is 10.1. The average Bonchev–Trinajstić information content (AvgIpc) is 3.11. The van der Waals surface area contributed by atoms with Crippen molar-refractivity contribution in [3.8, 4) is 5.75 Å². The molecule has 142 valence electrons. The highest BCUT2D eigenvalue weighted by Gasteiger charge is 2.25. The van der Waals surface area contributed by atoms with Crippen molar-refractivity contribution in [2.45, 2.75) is 0 Å². The largest absolute Gasteiger partial charge is 0.494 e. The highest BCUT2D eigenvalue weighted by atomic mass is 35.5. The van der Waals surface area contributed by atoms with Crippen molar-refractivity contribution in [3.05, 3.63) is 75.5 Å². The summed E-state index contributed by atoms with van der Waals surface area (Å²) in [7, 11) is 1.35. The number of hydrogen-bond donors (Lipinski definition) is 0. The number of benzene rings is 1. The van der Waals surface area contributed by atoms with Gasteiger partial charge in [-0.25, -0.2) is 4.52 Å². The van der Waals surface area contributed by atoms with Crippen LogP contribution in [0.5, 0.6) is 5.75 Å². The number of pyridine rings is 1. The quantitative estimate of drug-likeness (QED) is 0.491. The van der Waals surface area contributed by atoms with Crippen molar-refractivity contribution in [2.24, 2.45) is 4.99 Å². The van der Waals surface area contributed by atoms with Gasteiger partial charge in [-0.3, -0.25) is 15.1 Å². The summed E-state index contributed by atoms with van der Waals surface area (Å²) in [6.45, 7) is 0.120. The molecule has 1 aliphatic rings. The Hall–Kier alpha value is -3.46. The Labute approximate surface area is 163 Å². The van der Waals surface area contributed by atoms with E-state index in [1.807, 2.05) is 24.4 Å². The van der Waals surface area contributed by atoms with Crippen LogP contribution in [-0.4, -0.2) is 34.0 Å². The molecule has 0 bridgehead atoms. The maximum absolute atomic E-state index is 13.9. The molecule has 2 aromatic heterocycles. The van der Waals surface area contributed by atoms with Crippen molar-refractivity contribution in [3.63, 3.8) is 0 Å². The van der Waals surface area contributed by atoms with Gasteiger partial charge in [0, 0.05) is 30.1 Å². The topological polar surface area (TPSA) is 85.3 Å². The maximum Gasteiger partial charge on any atom is 0.307 e. The molecule has 0 atom stereocenters. The van der Waals surface area contributed by atoms with E-state index in [1.165, 1.54) is 7.11 Å². The van der Waals surface area contributed by atoms with Crippen LogP contribution in [-0.2, 0) is 0 Å². The van der Waals surface area contributed by atoms with E-state index in [9.17, 15) is 14.5 Å². The first-order chi connectivity index (χ1) is 13.5. The van der Waals surface area contributed by atoms with Crippen LogP contribution in [0.1, 0.15) is 5.56 Å². The van der Waals surface area contributed by atoms with Gasteiger partial charge in [0.25, 0.3) is 0 Å². The Bertz CT molecular complexity index is 1160. The first kappa shape index (κ1) is 17.9. The summed E-state index contributed by atoms with van der Waals surface area (Å²) in [6.07, 6.45) is 5.06. The first-order valence-corrected chi connectivity index (χ1v) is 8.51. The fraction of sp³-hybridized carbons (Fsp3) is 0.111. The van der Waals surface area contributed by atoms with Crippen LogP contribution in [0.4, 0.5) is 15.8 Å². The van der Waals surface area contributed by atoms with Gasteiger partial charge < -0.3 is 9.64 Å². The number of halogens is 2. The summed E-state index contributed by atoms with van der Waals surface area (Å²) in [5.74, 6) is -0.841. The summed E-state index contributed by atoms with van der Waals surface area (Å²) in [5, 5.41) is 15.7. The van der Waals surface area contributed by atoms with Gasteiger partial charge in [-0.05, 0) is 12.1 Å². The molecule has 0 radical (unpaired) electrons. The van der Waals surface area contributed by atoms with E-state index in [4.69, 9.17) is 16.3 Å². The molecule has 0 unspecified atom stereocenters. The Morgan fingerprint density at radius 3 is 2.89 bits per heavy atom. The Balaban J connectivity index is 1.73. The van der Waals surface area contributed by atoms with Crippen LogP contribution in [0.15, 0.2) is 59.0 Å². The SMILES string of the molecule is COc1cc(F)c([N+](=O)[O-])cc1N1C=C(Cl)C(c2cnn3ccccc23)=NC1. The molecule has 8 nitrogen and oxygen atoms in total. The lowest BCUT2D eigenvalue weighted by Gasteiger charge is -2.25. The third-order valence-corrected chi connectivity index (χ3v) is 4.59. The van der Waals surface area contributed by atoms with Crippen LogP contribution in [0, 0.1) is 15.9 Å². The molecule has 0 fully saturated rings. The second kappa shape index (κ2) is 6.93. The molecule has 3 heterocycles. The summed E-state index contributed by atoms with van der Waals surface area (Å²) >= 11 is 6.45. The van der Waals surface area contributed by atoms with E-state index in [2.05, 4.69) is 10.1 Å². The zero-order valence-corrected chi connectivity index (χ0v) is 15.3. The summed E-state index contributed by atoms with van der Waals surface area (Å²) < 4.78 is 20.8. The predicted octanol–water partition coefficient (Wildman–Crippen LogP) is 3.74. The summed E-state index contributed by atoms with van der Waals surface area (Å²) in [5.41, 5.74) is 1.79. The van der Waals surface area contributed by atoms with Gasteiger partial charge in [-0.2, -0.15) is 9.49 Å². The van der Waals surface area contributed by atoms with E-state index in [-0.39, 0.29) is 18.1 Å². The van der Waals surface area contributed by atoms with E-state index in [0.717, 1.165) is 23.2 Å². The van der Waals surface area contributed by atoms with Crippen LogP contribution >= 0.6 is 11.6 Å². The zero-order valence-electron chi connectivity index (χ0n) is 14.5. The second-order valence-corrected chi connectivity index (χ2v) is 6.32. The van der Waals surface area contributed by atoms with Crippen LogP contribution in [0.3, 0.4) is 0 Å². The fourth-order valence-corrected chi connectivity index (χ4v) is 3.28. The molecule has 0 saturated heterocycles. The lowest BCUT2D eigenvalue weighted by Crippen LogP contribution is -2.24. The van der Waals surface area contributed by atoms with Gasteiger partial charge in [0.2, 0.25) is 5.82 Å². The lowest BCUT2D eigenvalue weighted by molar-refractivity contribution is -0.387. The number of aliphatic imine (C=N–C) groups is 1. The molecule has 0 N–H and O–H groups in total. The van der Waals surface area contributed by atoms with Crippen molar-refractivity contribution in [1.82, 2.24) is 9.61 Å². The van der Waals surface area contributed by atoms with Crippen molar-refractivity contribution < 1.29 is 14.1 Å². The van der Waals surface area contributed by atoms with Crippen LogP contribution in [0.2, 0.25) is 0 Å². The highest BCUT2D eigenvalue weighted by Crippen LogP contribution is 2.36. The number of nitro benzene ring substituents is 1. The Morgan fingerprint density at radius 2 is 2.18 bits per heavy atom. The molecule has 0 aliphatic carbocycles. The normalized spacial score (nSPS) is 14.0. The Kier molecular flexibility index (Phi) is 4.44. The number of fused-ring (bicyclic) bond motifs is 1. The number of anilines is 1. The second-order valence-electron chi connectivity index (χ2n) is 5.92. The number of rotatable bonds is 4. The number of nitrogens with zero attached hydrogens (tertiary/aromatic N) is 5. The zero-order chi connectivity index (χ0) is 19.8. The van der Waals surface area contributed by atoms with E-state index >= 15 is 0 Å². The van der Waals surface area contributed by atoms with E-state index in [1.54, 1.807) is 21.8 Å². The molecular weight excluding hydrogens is 389 g/mol. The molecule has 1 aliphatic heterocycles. The molecule has 0 saturated carbocycles. The number of methoxy groups -OCH3 is 1. The summed E-state index contributed by atoms with van der Waals surface area (Å²) in [6, 6.07) is 7.72. The summed E-state index contributed by atoms with van der Waals surface area (Å²) in [4.78, 5) is 16.4. The molecule has 4 rings (SSSR count). The molecule has 28 heavy (non-hydrogen) atoms. The van der Waals surface area contributed by atoms with Gasteiger partial charge in [-0.1, -0.05) is 17.7 Å². The first-order valence-electron chi connectivity index (χ1n) is 8.13. The molecule has 1 aromatic carbocycles. The molecular formula is C18H13ClFN5O3. The predicted molar refractivity (Wildman–Crippen MR) is 103 cm³/mol. The third-order valence-electron chi connectivity index (χ3n) is 4.31.